The van der Waals surface area contributed by atoms with Crippen LogP contribution in [0, 0.1) is 0 Å². The summed E-state index contributed by atoms with van der Waals surface area (Å²) in [6.45, 7) is 7.65. The van der Waals surface area contributed by atoms with E-state index in [-0.39, 0.29) is 6.04 Å². The van der Waals surface area contributed by atoms with Crippen LogP contribution in [0.5, 0.6) is 0 Å². The number of likely N-dealkylation sites (N-methyl/N-ethyl adjacent to an activating group) is 1. The molecule has 0 radical (unpaired) electrons. The maximum Gasteiger partial charge on any atom is 0.345 e. The first-order valence-electron chi connectivity index (χ1n) is 7.39. The summed E-state index contributed by atoms with van der Waals surface area (Å²) in [7, 11) is 3.46. The van der Waals surface area contributed by atoms with E-state index in [4.69, 9.17) is 10.5 Å². The Labute approximate surface area is 125 Å². The zero-order valence-corrected chi connectivity index (χ0v) is 13.3. The second-order valence-corrected chi connectivity index (χ2v) is 5.57. The molecule has 0 aromatic carbocycles. The standard InChI is InChI=1S/C14H25N5O2/c1-5-10(2)19-12(15)11(14(20)21-4)13(16-19)18-8-6-17(3)7-9-18/h10H,5-9,15H2,1-4H3. The van der Waals surface area contributed by atoms with Gasteiger partial charge in [0.25, 0.3) is 0 Å². The minimum absolute atomic E-state index is 0.148. The van der Waals surface area contributed by atoms with Crippen molar-refractivity contribution in [2.75, 3.05) is 51.0 Å². The molecule has 1 aliphatic rings. The summed E-state index contributed by atoms with van der Waals surface area (Å²) in [6.07, 6.45) is 0.897. The number of aromatic nitrogens is 2. The van der Waals surface area contributed by atoms with Gasteiger partial charge < -0.3 is 20.3 Å². The van der Waals surface area contributed by atoms with Crippen LogP contribution in [0.4, 0.5) is 11.6 Å². The van der Waals surface area contributed by atoms with Gasteiger partial charge in [0.1, 0.15) is 11.4 Å². The topological polar surface area (TPSA) is 76.6 Å². The van der Waals surface area contributed by atoms with Crippen LogP contribution in [0.1, 0.15) is 36.7 Å². The molecule has 0 aliphatic carbocycles. The SMILES string of the molecule is CCC(C)n1nc(N2CCN(C)CC2)c(C(=O)OC)c1N. The summed E-state index contributed by atoms with van der Waals surface area (Å²) < 4.78 is 6.62. The van der Waals surface area contributed by atoms with E-state index in [2.05, 4.69) is 28.9 Å². The molecule has 1 aromatic heterocycles. The lowest BCUT2D eigenvalue weighted by atomic mass is 10.2. The lowest BCUT2D eigenvalue weighted by molar-refractivity contribution is 0.0602. The molecule has 1 unspecified atom stereocenters. The maximum absolute atomic E-state index is 12.1. The highest BCUT2D eigenvalue weighted by molar-refractivity contribution is 5.99. The minimum Gasteiger partial charge on any atom is -0.465 e. The Hall–Kier alpha value is -1.76. The molecule has 118 valence electrons. The van der Waals surface area contributed by atoms with E-state index in [1.165, 1.54) is 7.11 Å². The van der Waals surface area contributed by atoms with Crippen LogP contribution in [-0.4, -0.2) is 61.0 Å². The Morgan fingerprint density at radius 1 is 1.38 bits per heavy atom. The first-order valence-corrected chi connectivity index (χ1v) is 7.39. The lowest BCUT2D eigenvalue weighted by Crippen LogP contribution is -2.45. The molecule has 1 saturated heterocycles. The van der Waals surface area contributed by atoms with Crippen LogP contribution in [0.15, 0.2) is 0 Å². The summed E-state index contributed by atoms with van der Waals surface area (Å²) >= 11 is 0. The molecule has 0 saturated carbocycles. The molecule has 0 spiro atoms. The van der Waals surface area contributed by atoms with Crippen molar-refractivity contribution in [1.82, 2.24) is 14.7 Å². The van der Waals surface area contributed by atoms with Gasteiger partial charge in [-0.1, -0.05) is 6.92 Å². The van der Waals surface area contributed by atoms with E-state index < -0.39 is 5.97 Å². The van der Waals surface area contributed by atoms with Gasteiger partial charge in [-0.15, -0.1) is 0 Å². The summed E-state index contributed by atoms with van der Waals surface area (Å²) in [5.74, 6) is 0.619. The third-order valence-corrected chi connectivity index (χ3v) is 4.13. The molecule has 7 heteroatoms. The van der Waals surface area contributed by atoms with Gasteiger partial charge in [0.15, 0.2) is 5.82 Å². The van der Waals surface area contributed by atoms with Crippen molar-refractivity contribution in [3.05, 3.63) is 5.56 Å². The number of anilines is 2. The van der Waals surface area contributed by atoms with Crippen molar-refractivity contribution in [3.8, 4) is 0 Å². The zero-order chi connectivity index (χ0) is 15.6. The average molecular weight is 295 g/mol. The molecule has 1 atom stereocenters. The minimum atomic E-state index is -0.420. The Bertz CT molecular complexity index is 506. The molecular weight excluding hydrogens is 270 g/mol. The smallest absolute Gasteiger partial charge is 0.345 e. The second kappa shape index (κ2) is 6.34. The van der Waals surface area contributed by atoms with Gasteiger partial charge in [-0.2, -0.15) is 5.10 Å². The normalized spacial score (nSPS) is 17.8. The number of hydrogen-bond donors (Lipinski definition) is 1. The number of ether oxygens (including phenoxy) is 1. The molecule has 0 amide bonds. The van der Waals surface area contributed by atoms with Crippen molar-refractivity contribution in [3.63, 3.8) is 0 Å². The van der Waals surface area contributed by atoms with Crippen LogP contribution in [0.3, 0.4) is 0 Å². The quantitative estimate of drug-likeness (QED) is 0.834. The Kier molecular flexibility index (Phi) is 4.72. The third-order valence-electron chi connectivity index (χ3n) is 4.13. The van der Waals surface area contributed by atoms with Gasteiger partial charge in [0, 0.05) is 26.2 Å². The van der Waals surface area contributed by atoms with Crippen molar-refractivity contribution in [2.45, 2.75) is 26.3 Å². The number of esters is 1. The number of nitrogens with two attached hydrogens (primary N) is 1. The average Bonchev–Trinajstić information content (AvgIpc) is 2.84. The number of piperazine rings is 1. The van der Waals surface area contributed by atoms with Gasteiger partial charge in [0.2, 0.25) is 0 Å². The predicted octanol–water partition coefficient (Wildman–Crippen LogP) is 0.975. The maximum atomic E-state index is 12.1. The molecule has 2 N–H and O–H groups in total. The fourth-order valence-corrected chi connectivity index (χ4v) is 2.48. The lowest BCUT2D eigenvalue weighted by Gasteiger charge is -2.32. The Balaban J connectivity index is 2.40. The highest BCUT2D eigenvalue weighted by atomic mass is 16.5. The highest BCUT2D eigenvalue weighted by Crippen LogP contribution is 2.29. The van der Waals surface area contributed by atoms with Gasteiger partial charge in [-0.3, -0.25) is 0 Å². The number of hydrogen-bond acceptors (Lipinski definition) is 6. The number of methoxy groups -OCH3 is 1. The summed E-state index contributed by atoms with van der Waals surface area (Å²) in [5, 5.41) is 4.60. The fraction of sp³-hybridized carbons (Fsp3) is 0.714. The molecule has 0 bridgehead atoms. The largest absolute Gasteiger partial charge is 0.465 e. The first kappa shape index (κ1) is 15.6. The Morgan fingerprint density at radius 3 is 2.52 bits per heavy atom. The zero-order valence-electron chi connectivity index (χ0n) is 13.3. The molecule has 1 aliphatic heterocycles. The van der Waals surface area contributed by atoms with Crippen LogP contribution in [-0.2, 0) is 4.74 Å². The van der Waals surface area contributed by atoms with E-state index in [0.717, 1.165) is 32.6 Å². The second-order valence-electron chi connectivity index (χ2n) is 5.57. The number of carbonyl (C=O) groups excluding carboxylic acids is 1. The van der Waals surface area contributed by atoms with Crippen LogP contribution >= 0.6 is 0 Å². The van der Waals surface area contributed by atoms with Crippen molar-refractivity contribution in [2.24, 2.45) is 0 Å². The summed E-state index contributed by atoms with van der Waals surface area (Å²) in [5.41, 5.74) is 6.54. The fourth-order valence-electron chi connectivity index (χ4n) is 2.48. The monoisotopic (exact) mass is 295 g/mol. The van der Waals surface area contributed by atoms with E-state index in [1.807, 2.05) is 6.92 Å². The number of nitrogen functional groups attached to an aromatic ring is 1. The van der Waals surface area contributed by atoms with Crippen LogP contribution in [0.2, 0.25) is 0 Å². The van der Waals surface area contributed by atoms with Gasteiger partial charge in [-0.25, -0.2) is 9.48 Å². The summed E-state index contributed by atoms with van der Waals surface area (Å²) in [6, 6.07) is 0.148. The Morgan fingerprint density at radius 2 is 2.00 bits per heavy atom. The van der Waals surface area contributed by atoms with Crippen molar-refractivity contribution >= 4 is 17.6 Å². The molecule has 2 rings (SSSR count). The van der Waals surface area contributed by atoms with Crippen molar-refractivity contribution in [1.29, 1.82) is 0 Å². The van der Waals surface area contributed by atoms with Gasteiger partial charge in [-0.05, 0) is 20.4 Å². The van der Waals surface area contributed by atoms with E-state index in [1.54, 1.807) is 4.68 Å². The number of rotatable bonds is 4. The molecular formula is C14H25N5O2. The van der Waals surface area contributed by atoms with E-state index in [9.17, 15) is 4.79 Å². The number of carbonyl (C=O) groups is 1. The van der Waals surface area contributed by atoms with Crippen LogP contribution in [0.25, 0.3) is 0 Å². The van der Waals surface area contributed by atoms with E-state index >= 15 is 0 Å². The number of nitrogens with zero attached hydrogens (tertiary/aromatic N) is 4. The molecule has 1 aromatic rings. The summed E-state index contributed by atoms with van der Waals surface area (Å²) in [4.78, 5) is 16.5. The molecule has 7 nitrogen and oxygen atoms in total. The molecule has 21 heavy (non-hydrogen) atoms. The predicted molar refractivity (Wildman–Crippen MR) is 82.7 cm³/mol. The third kappa shape index (κ3) is 2.97. The van der Waals surface area contributed by atoms with Crippen LogP contribution < -0.4 is 10.6 Å². The first-order chi connectivity index (χ1) is 9.99. The van der Waals surface area contributed by atoms with Gasteiger partial charge in [0.05, 0.1) is 13.2 Å². The molecule has 2 heterocycles. The molecule has 1 fully saturated rings. The van der Waals surface area contributed by atoms with Crippen molar-refractivity contribution < 1.29 is 9.53 Å². The van der Waals surface area contributed by atoms with Gasteiger partial charge >= 0.3 is 5.97 Å². The van der Waals surface area contributed by atoms with E-state index in [0.29, 0.717) is 17.2 Å². The highest BCUT2D eigenvalue weighted by Gasteiger charge is 2.29.